The number of carbonyl (C=O) groups is 4. The summed E-state index contributed by atoms with van der Waals surface area (Å²) in [6.07, 6.45) is 5.76. The molecule has 0 spiro atoms. The van der Waals surface area contributed by atoms with Crippen LogP contribution in [0.2, 0.25) is 0 Å². The van der Waals surface area contributed by atoms with E-state index < -0.39 is 29.2 Å². The van der Waals surface area contributed by atoms with E-state index in [4.69, 9.17) is 11.3 Å². The summed E-state index contributed by atoms with van der Waals surface area (Å²) in [6.45, 7) is 2.02. The zero-order chi connectivity index (χ0) is 27.2. The van der Waals surface area contributed by atoms with Crippen molar-refractivity contribution in [1.29, 1.82) is 0 Å². The molecule has 3 N–H and O–H groups in total. The molecule has 38 heavy (non-hydrogen) atoms. The van der Waals surface area contributed by atoms with Gasteiger partial charge in [0.05, 0.1) is 0 Å². The molecule has 15 nitrogen and oxygen atoms in total. The van der Waals surface area contributed by atoms with Gasteiger partial charge in [-0.25, -0.2) is 14.5 Å². The highest BCUT2D eigenvalue weighted by Crippen LogP contribution is 2.41. The maximum atomic E-state index is 13.0. The highest BCUT2D eigenvalue weighted by atomic mass is 32.2. The van der Waals surface area contributed by atoms with Crippen LogP contribution in [0.15, 0.2) is 27.0 Å². The van der Waals surface area contributed by atoms with Crippen LogP contribution in [0.3, 0.4) is 0 Å². The number of thioether (sulfide) groups is 2. The fraction of sp³-hybridized carbons (Fsp3) is 0.350. The van der Waals surface area contributed by atoms with Crippen LogP contribution in [-0.2, 0) is 30.6 Å². The Kier molecular flexibility index (Phi) is 8.60. The number of rotatable bonds is 12. The Labute approximate surface area is 227 Å². The van der Waals surface area contributed by atoms with Gasteiger partial charge < -0.3 is 20.6 Å². The second-order valence-electron chi connectivity index (χ2n) is 7.39. The maximum absolute atomic E-state index is 13.0. The molecule has 1 saturated heterocycles. The lowest BCUT2D eigenvalue weighted by atomic mass is 10.0. The second kappa shape index (κ2) is 12.1. The van der Waals surface area contributed by atoms with E-state index >= 15 is 0 Å². The van der Waals surface area contributed by atoms with E-state index in [1.807, 2.05) is 0 Å². The molecule has 0 saturated carbocycles. The third-order valence-corrected chi connectivity index (χ3v) is 8.24. The summed E-state index contributed by atoms with van der Waals surface area (Å²) < 4.78 is 1.41. The Morgan fingerprint density at radius 1 is 1.47 bits per heavy atom. The molecule has 0 bridgehead atoms. The number of fused-ring (bicyclic) bond motifs is 1. The third-order valence-electron chi connectivity index (χ3n) is 5.08. The lowest BCUT2D eigenvalue weighted by Crippen LogP contribution is -2.71. The third kappa shape index (κ3) is 5.49. The Hall–Kier alpha value is -3.95. The zero-order valence-corrected chi connectivity index (χ0v) is 22.0. The van der Waals surface area contributed by atoms with Gasteiger partial charge in [-0.05, 0) is 22.9 Å². The minimum absolute atomic E-state index is 0.139. The monoisotopic (exact) mass is 577 g/mol. The highest BCUT2D eigenvalue weighted by molar-refractivity contribution is 8.01. The normalized spacial score (nSPS) is 18.8. The molecular formula is C20H19N9O6S3. The molecular weight excluding hydrogens is 558 g/mol. The maximum Gasteiger partial charge on any atom is 0.352 e. The Balaban J connectivity index is 1.48. The lowest BCUT2D eigenvalue weighted by molar-refractivity contribution is -0.150. The standard InChI is InChI=1S/C20H19N9O6S3/c1-3-5-28-20(24-26-27-28)38-7-10-6-36-17-13(16(32)29(17)14(10)18(33)34)23-15(31)12(25-35-4-2)11-8-37-19(22-11)21-9-30/h1,8-9,13,17H,4-7H2,2H3,(H,23,31)(H,33,34)(H,21,22,30)/t13?,17-/m0/s1. The van der Waals surface area contributed by atoms with E-state index in [1.165, 1.54) is 33.6 Å². The Bertz CT molecular complexity index is 1360. The fourth-order valence-electron chi connectivity index (χ4n) is 3.47. The Morgan fingerprint density at radius 2 is 2.29 bits per heavy atom. The van der Waals surface area contributed by atoms with Gasteiger partial charge in [-0.2, -0.15) is 0 Å². The summed E-state index contributed by atoms with van der Waals surface area (Å²) in [5, 5.41) is 31.5. The summed E-state index contributed by atoms with van der Waals surface area (Å²) in [4.78, 5) is 59.2. The van der Waals surface area contributed by atoms with Crippen LogP contribution in [0.25, 0.3) is 0 Å². The predicted octanol–water partition coefficient (Wildman–Crippen LogP) is -0.397. The van der Waals surface area contributed by atoms with Crippen LogP contribution in [-0.4, -0.2) is 94.6 Å². The number of β-lactam (4-membered cyclic amide) rings is 1. The Morgan fingerprint density at radius 3 is 3.00 bits per heavy atom. The number of hydrogen-bond acceptors (Lipinski definition) is 13. The van der Waals surface area contributed by atoms with E-state index in [2.05, 4.69) is 42.2 Å². The number of terminal acetylenes is 1. The van der Waals surface area contributed by atoms with Gasteiger partial charge in [-0.15, -0.1) is 34.6 Å². The van der Waals surface area contributed by atoms with Crippen LogP contribution >= 0.6 is 34.9 Å². The number of amides is 3. The van der Waals surface area contributed by atoms with Gasteiger partial charge >= 0.3 is 5.97 Å². The number of carbonyl (C=O) groups excluding carboxylic acids is 3. The number of thiazole rings is 1. The van der Waals surface area contributed by atoms with Crippen molar-refractivity contribution in [3.63, 3.8) is 0 Å². The lowest BCUT2D eigenvalue weighted by Gasteiger charge is -2.49. The van der Waals surface area contributed by atoms with E-state index in [9.17, 15) is 24.3 Å². The molecule has 2 aromatic rings. The first kappa shape index (κ1) is 27.1. The van der Waals surface area contributed by atoms with Gasteiger partial charge in [-0.3, -0.25) is 19.3 Å². The molecule has 198 valence electrons. The molecule has 0 aromatic carbocycles. The first-order valence-electron chi connectivity index (χ1n) is 10.8. The molecule has 1 fully saturated rings. The van der Waals surface area contributed by atoms with Crippen LogP contribution in [0.4, 0.5) is 5.13 Å². The molecule has 1 unspecified atom stereocenters. The van der Waals surface area contributed by atoms with Crippen LogP contribution in [0.5, 0.6) is 0 Å². The van der Waals surface area contributed by atoms with Crippen molar-refractivity contribution in [2.24, 2.45) is 5.16 Å². The van der Waals surface area contributed by atoms with Gasteiger partial charge in [0.15, 0.2) is 10.8 Å². The summed E-state index contributed by atoms with van der Waals surface area (Å²) >= 11 is 3.59. The quantitative estimate of drug-likeness (QED) is 0.0739. The van der Waals surface area contributed by atoms with E-state index in [-0.39, 0.29) is 41.1 Å². The number of carboxylic acid groups (broad SMARTS) is 1. The van der Waals surface area contributed by atoms with E-state index in [0.29, 0.717) is 22.9 Å². The van der Waals surface area contributed by atoms with Gasteiger partial charge in [0.1, 0.15) is 36.0 Å². The summed E-state index contributed by atoms with van der Waals surface area (Å²) in [7, 11) is 0. The molecule has 4 heterocycles. The molecule has 18 heteroatoms. The van der Waals surface area contributed by atoms with Gasteiger partial charge in [0.2, 0.25) is 11.6 Å². The first-order valence-corrected chi connectivity index (χ1v) is 13.7. The van der Waals surface area contributed by atoms with Crippen LogP contribution < -0.4 is 10.6 Å². The highest BCUT2D eigenvalue weighted by Gasteiger charge is 2.54. The van der Waals surface area contributed by atoms with Gasteiger partial charge in [-0.1, -0.05) is 22.8 Å². The summed E-state index contributed by atoms with van der Waals surface area (Å²) in [5.41, 5.74) is 0.321. The number of aromatic nitrogens is 5. The predicted molar refractivity (Wildman–Crippen MR) is 137 cm³/mol. The summed E-state index contributed by atoms with van der Waals surface area (Å²) in [5.74, 6) is 0.386. The second-order valence-corrected chi connectivity index (χ2v) is 10.3. The number of nitrogens with one attached hydrogen (secondary N) is 2. The molecule has 2 atom stereocenters. The molecule has 0 aliphatic carbocycles. The van der Waals surface area contributed by atoms with Gasteiger partial charge in [0.25, 0.3) is 11.8 Å². The molecule has 4 rings (SSSR count). The molecule has 3 amide bonds. The van der Waals surface area contributed by atoms with Crippen molar-refractivity contribution >= 4 is 69.9 Å². The number of anilines is 1. The molecule has 0 radical (unpaired) electrons. The zero-order valence-electron chi connectivity index (χ0n) is 19.6. The largest absolute Gasteiger partial charge is 0.477 e. The smallest absolute Gasteiger partial charge is 0.352 e. The number of nitrogens with zero attached hydrogens (tertiary/aromatic N) is 7. The molecule has 2 aliphatic heterocycles. The summed E-state index contributed by atoms with van der Waals surface area (Å²) in [6, 6.07) is -0.989. The van der Waals surface area contributed by atoms with Crippen molar-refractivity contribution in [3.05, 3.63) is 22.3 Å². The average Bonchev–Trinajstić information content (AvgIpc) is 3.55. The molecule has 2 aliphatic rings. The number of oxime groups is 1. The average molecular weight is 578 g/mol. The van der Waals surface area contributed by atoms with Crippen molar-refractivity contribution in [3.8, 4) is 12.3 Å². The first-order chi connectivity index (χ1) is 18.4. The fourth-order valence-corrected chi connectivity index (χ4v) is 6.49. The number of aliphatic carboxylic acids is 1. The number of carboxylic acids is 1. The van der Waals surface area contributed by atoms with Crippen molar-refractivity contribution in [2.75, 3.05) is 23.4 Å². The minimum Gasteiger partial charge on any atom is -0.477 e. The van der Waals surface area contributed by atoms with Crippen molar-refractivity contribution in [1.82, 2.24) is 35.4 Å². The van der Waals surface area contributed by atoms with Crippen LogP contribution in [0, 0.1) is 12.3 Å². The van der Waals surface area contributed by atoms with Gasteiger partial charge in [0, 0.05) is 16.9 Å². The topological polar surface area (TPSA) is 194 Å². The van der Waals surface area contributed by atoms with Crippen molar-refractivity contribution < 1.29 is 29.1 Å². The van der Waals surface area contributed by atoms with E-state index in [1.54, 1.807) is 6.92 Å². The SMILES string of the molecule is C#CCn1nnnc1SCC1=C(C(=O)O)N2C(=O)C(NC(=O)C(=NOCC)c3csc(NC=O)n3)[C@@H]2SC1. The van der Waals surface area contributed by atoms with Crippen LogP contribution in [0.1, 0.15) is 12.6 Å². The number of tetrazole rings is 1. The van der Waals surface area contributed by atoms with E-state index in [0.717, 1.165) is 16.2 Å². The van der Waals surface area contributed by atoms with Crippen molar-refractivity contribution in [2.45, 2.75) is 30.0 Å². The molecule has 2 aromatic heterocycles. The minimum atomic E-state index is -1.26. The number of hydrogen-bond donors (Lipinski definition) is 3.